The van der Waals surface area contributed by atoms with Crippen LogP contribution >= 0.6 is 0 Å². The van der Waals surface area contributed by atoms with Gasteiger partial charge in [0.2, 0.25) is 5.95 Å². The number of hydrogen-bond acceptors (Lipinski definition) is 8. The Morgan fingerprint density at radius 3 is 2.37 bits per heavy atom. The summed E-state index contributed by atoms with van der Waals surface area (Å²) in [6.07, 6.45) is 0.737. The number of hydrogen-bond donors (Lipinski definition) is 4. The number of nitrogens with one attached hydrogen (secondary N) is 3. The van der Waals surface area contributed by atoms with E-state index in [-0.39, 0.29) is 28.3 Å². The highest BCUT2D eigenvalue weighted by Gasteiger charge is 2.27. The Balaban J connectivity index is 1.33. The van der Waals surface area contributed by atoms with E-state index in [0.717, 1.165) is 37.6 Å². The lowest BCUT2D eigenvalue weighted by atomic mass is 9.93. The Morgan fingerprint density at radius 1 is 1.02 bits per heavy atom. The summed E-state index contributed by atoms with van der Waals surface area (Å²) in [5, 5.41) is 21.1. The largest absolute Gasteiger partial charge is 0.393 e. The van der Waals surface area contributed by atoms with E-state index >= 15 is 0 Å². The van der Waals surface area contributed by atoms with Crippen molar-refractivity contribution in [3.05, 3.63) is 60.3 Å². The summed E-state index contributed by atoms with van der Waals surface area (Å²) in [5.74, 6) is -0.188. The van der Waals surface area contributed by atoms with Gasteiger partial charge in [-0.15, -0.1) is 0 Å². The average molecular weight is 660 g/mol. The van der Waals surface area contributed by atoms with Gasteiger partial charge in [0, 0.05) is 36.1 Å². The van der Waals surface area contributed by atoms with Gasteiger partial charge in [0.05, 0.1) is 28.8 Å². The first-order valence-corrected chi connectivity index (χ1v) is 16.7. The summed E-state index contributed by atoms with van der Waals surface area (Å²) in [5.41, 5.74) is 2.23. The number of amides is 1. The molecule has 0 saturated heterocycles. The molecular formula is C31H36F3N7O4S. The Kier molecular flexibility index (Phi) is 10.1. The van der Waals surface area contributed by atoms with Gasteiger partial charge in [-0.3, -0.25) is 9.52 Å². The van der Waals surface area contributed by atoms with Crippen molar-refractivity contribution in [2.75, 3.05) is 23.1 Å². The van der Waals surface area contributed by atoms with Crippen LogP contribution in [0.2, 0.25) is 0 Å². The maximum atomic E-state index is 13.1. The highest BCUT2D eigenvalue weighted by atomic mass is 32.2. The summed E-state index contributed by atoms with van der Waals surface area (Å²) in [6.45, 7) is 2.29. The molecule has 0 unspecified atom stereocenters. The van der Waals surface area contributed by atoms with Crippen LogP contribution in [-0.2, 0) is 10.0 Å². The minimum atomic E-state index is -4.38. The number of nitrogens with zero attached hydrogens (tertiary/aromatic N) is 4. The Bertz CT molecular complexity index is 1750. The molecule has 4 N–H and O–H groups in total. The third kappa shape index (κ3) is 8.12. The molecule has 46 heavy (non-hydrogen) atoms. The number of carbonyl (C=O) groups is 1. The number of aromatic nitrogens is 4. The molecule has 2 heterocycles. The summed E-state index contributed by atoms with van der Waals surface area (Å²) in [7, 11) is -4.01. The molecule has 0 spiro atoms. The van der Waals surface area contributed by atoms with Crippen LogP contribution in [0.25, 0.3) is 22.3 Å². The average Bonchev–Trinajstić information content (AvgIpc) is 3.40. The fraction of sp³-hybridized carbons (Fsp3) is 0.419. The summed E-state index contributed by atoms with van der Waals surface area (Å²) in [6, 6.07) is 11.7. The number of halogens is 3. The van der Waals surface area contributed by atoms with Gasteiger partial charge in [-0.25, -0.2) is 18.1 Å². The van der Waals surface area contributed by atoms with E-state index in [9.17, 15) is 31.5 Å². The van der Waals surface area contributed by atoms with Crippen LogP contribution in [0, 0.1) is 0 Å². The van der Waals surface area contributed by atoms with Gasteiger partial charge in [-0.1, -0.05) is 25.5 Å². The van der Waals surface area contributed by atoms with Crippen molar-refractivity contribution in [1.29, 1.82) is 0 Å². The van der Waals surface area contributed by atoms with Gasteiger partial charge in [0.1, 0.15) is 5.69 Å². The molecule has 4 aromatic rings. The van der Waals surface area contributed by atoms with Crippen molar-refractivity contribution in [1.82, 2.24) is 25.1 Å². The van der Waals surface area contributed by atoms with Gasteiger partial charge in [0.15, 0.2) is 5.65 Å². The molecule has 0 atom stereocenters. The van der Waals surface area contributed by atoms with Crippen LogP contribution in [0.1, 0.15) is 68.3 Å². The molecule has 1 aliphatic rings. The number of fused-ring (bicyclic) bond motifs is 1. The van der Waals surface area contributed by atoms with Crippen molar-refractivity contribution in [2.24, 2.45) is 0 Å². The number of alkyl halides is 3. The molecule has 2 aromatic heterocycles. The first kappa shape index (κ1) is 33.1. The fourth-order valence-electron chi connectivity index (χ4n) is 5.27. The summed E-state index contributed by atoms with van der Waals surface area (Å²) in [4.78, 5) is 21.4. The molecule has 1 saturated carbocycles. The molecule has 0 radical (unpaired) electrons. The second-order valence-electron chi connectivity index (χ2n) is 11.3. The number of rotatable bonds is 12. The molecule has 15 heteroatoms. The normalized spacial score (nSPS) is 17.2. The number of anilines is 2. The van der Waals surface area contributed by atoms with Gasteiger partial charge in [-0.2, -0.15) is 23.3 Å². The molecular weight excluding hydrogens is 623 g/mol. The first-order valence-electron chi connectivity index (χ1n) is 15.2. The standard InChI is InChI=1S/C31H36F3N7O4S/c1-2-3-17-36-30-37-19-26-27(39-41(28(26)38-30)23-10-12-24(42)13-11-23)20-6-14-25(15-7-20)46(44,45)40-22-8-4-21(5-9-22)29(43)35-18-16-31(32,33)34/h4-9,14-15,19,23-24,40,42H,2-3,10-13,16-18H2,1H3,(H,35,43)(H,36,37,38)/t23-,24-. The predicted octanol–water partition coefficient (Wildman–Crippen LogP) is 5.66. The van der Waals surface area contributed by atoms with Crippen molar-refractivity contribution in [3.63, 3.8) is 0 Å². The molecule has 11 nitrogen and oxygen atoms in total. The van der Waals surface area contributed by atoms with Crippen LogP contribution in [-0.4, -0.2) is 64.5 Å². The molecule has 5 rings (SSSR count). The van der Waals surface area contributed by atoms with Crippen molar-refractivity contribution in [2.45, 2.75) is 75.1 Å². The highest BCUT2D eigenvalue weighted by Crippen LogP contribution is 2.35. The maximum absolute atomic E-state index is 13.1. The summed E-state index contributed by atoms with van der Waals surface area (Å²) >= 11 is 0. The zero-order valence-corrected chi connectivity index (χ0v) is 26.0. The van der Waals surface area contributed by atoms with E-state index in [2.05, 4.69) is 27.3 Å². The van der Waals surface area contributed by atoms with Gasteiger partial charge in [0.25, 0.3) is 15.9 Å². The smallest absolute Gasteiger partial charge is 0.390 e. The number of benzene rings is 2. The minimum Gasteiger partial charge on any atom is -0.393 e. The second kappa shape index (κ2) is 14.0. The topological polar surface area (TPSA) is 151 Å². The Morgan fingerprint density at radius 2 is 1.72 bits per heavy atom. The maximum Gasteiger partial charge on any atom is 0.390 e. The van der Waals surface area contributed by atoms with Crippen LogP contribution in [0.15, 0.2) is 59.6 Å². The van der Waals surface area contributed by atoms with Crippen LogP contribution in [0.4, 0.5) is 24.8 Å². The predicted molar refractivity (Wildman–Crippen MR) is 168 cm³/mol. The summed E-state index contributed by atoms with van der Waals surface area (Å²) < 4.78 is 67.6. The zero-order valence-electron chi connectivity index (χ0n) is 25.2. The first-order chi connectivity index (χ1) is 21.9. The monoisotopic (exact) mass is 659 g/mol. The van der Waals surface area contributed by atoms with E-state index in [0.29, 0.717) is 35.7 Å². The molecule has 1 aliphatic carbocycles. The van der Waals surface area contributed by atoms with Crippen molar-refractivity contribution < 1.29 is 31.5 Å². The lowest BCUT2D eigenvalue weighted by Crippen LogP contribution is -2.27. The van der Waals surface area contributed by atoms with E-state index < -0.39 is 35.1 Å². The highest BCUT2D eigenvalue weighted by molar-refractivity contribution is 7.92. The third-order valence-corrected chi connectivity index (χ3v) is 9.20. The van der Waals surface area contributed by atoms with Crippen molar-refractivity contribution in [3.8, 4) is 11.3 Å². The fourth-order valence-corrected chi connectivity index (χ4v) is 6.33. The molecule has 0 bridgehead atoms. The van der Waals surface area contributed by atoms with E-state index in [1.54, 1.807) is 18.3 Å². The van der Waals surface area contributed by atoms with Crippen LogP contribution in [0.3, 0.4) is 0 Å². The molecule has 1 amide bonds. The Hall–Kier alpha value is -4.24. The quantitative estimate of drug-likeness (QED) is 0.142. The lowest BCUT2D eigenvalue weighted by molar-refractivity contribution is -0.133. The van der Waals surface area contributed by atoms with E-state index in [1.165, 1.54) is 36.4 Å². The van der Waals surface area contributed by atoms with E-state index in [1.807, 2.05) is 4.68 Å². The minimum absolute atomic E-state index is 0.00566. The lowest BCUT2D eigenvalue weighted by Gasteiger charge is -2.25. The van der Waals surface area contributed by atoms with Gasteiger partial charge < -0.3 is 15.7 Å². The molecule has 0 aliphatic heterocycles. The zero-order chi connectivity index (χ0) is 32.9. The van der Waals surface area contributed by atoms with Crippen LogP contribution < -0.4 is 15.4 Å². The number of aliphatic hydroxyl groups excluding tert-OH is 1. The van der Waals surface area contributed by atoms with Gasteiger partial charge >= 0.3 is 6.18 Å². The van der Waals surface area contributed by atoms with Crippen molar-refractivity contribution >= 4 is 38.6 Å². The SMILES string of the molecule is CCCCNc1ncc2c(-c3ccc(S(=O)(=O)Nc4ccc(C(=O)NCCC(F)(F)F)cc4)cc3)nn([C@H]3CC[C@H](O)CC3)c2n1. The number of aliphatic hydroxyl groups is 1. The molecule has 246 valence electrons. The third-order valence-electron chi connectivity index (χ3n) is 7.81. The molecule has 1 fully saturated rings. The number of sulfonamides is 1. The number of carbonyl (C=O) groups excluding carboxylic acids is 1. The van der Waals surface area contributed by atoms with E-state index in [4.69, 9.17) is 10.1 Å². The number of unbranched alkanes of at least 4 members (excludes halogenated alkanes) is 1. The second-order valence-corrected chi connectivity index (χ2v) is 13.0. The van der Waals surface area contributed by atoms with Gasteiger partial charge in [-0.05, 0) is 68.5 Å². The molecule has 2 aromatic carbocycles. The van der Waals surface area contributed by atoms with Crippen LogP contribution in [0.5, 0.6) is 0 Å². The Labute approximate surface area is 264 Å².